The van der Waals surface area contributed by atoms with E-state index in [1.54, 1.807) is 12.4 Å². The van der Waals surface area contributed by atoms with Gasteiger partial charge in [-0.3, -0.25) is 9.78 Å². The Labute approximate surface area is 174 Å². The molecule has 29 heavy (non-hydrogen) atoms. The fraction of sp³-hybridized carbons (Fsp3) is 0.520. The van der Waals surface area contributed by atoms with Gasteiger partial charge in [0, 0.05) is 25.2 Å². The zero-order valence-corrected chi connectivity index (χ0v) is 17.3. The van der Waals surface area contributed by atoms with Gasteiger partial charge in [0.1, 0.15) is 12.4 Å². The number of piperidine rings is 1. The Balaban J connectivity index is 1.21. The lowest BCUT2D eigenvalue weighted by molar-refractivity contribution is -0.138. The summed E-state index contributed by atoms with van der Waals surface area (Å²) in [6.07, 6.45) is 12.8. The van der Waals surface area contributed by atoms with Crippen LogP contribution in [0.2, 0.25) is 0 Å². The number of amides is 1. The third kappa shape index (κ3) is 5.59. The summed E-state index contributed by atoms with van der Waals surface area (Å²) in [5, 5.41) is 0. The second-order valence-corrected chi connectivity index (χ2v) is 8.60. The van der Waals surface area contributed by atoms with Crippen molar-refractivity contribution >= 4 is 5.91 Å². The van der Waals surface area contributed by atoms with Crippen molar-refractivity contribution in [2.24, 2.45) is 11.8 Å². The number of hydrogen-bond acceptors (Lipinski definition) is 3. The normalized spacial score (nSPS) is 18.6. The molecule has 2 heterocycles. The van der Waals surface area contributed by atoms with Crippen LogP contribution in [0.4, 0.5) is 0 Å². The van der Waals surface area contributed by atoms with Gasteiger partial charge in [0.25, 0.3) is 0 Å². The van der Waals surface area contributed by atoms with Gasteiger partial charge >= 0.3 is 0 Å². The van der Waals surface area contributed by atoms with E-state index in [-0.39, 0.29) is 0 Å². The summed E-state index contributed by atoms with van der Waals surface area (Å²) in [5.74, 6) is 2.22. The summed E-state index contributed by atoms with van der Waals surface area (Å²) in [7, 11) is 0. The first-order chi connectivity index (χ1) is 14.3. The molecule has 2 aromatic rings. The van der Waals surface area contributed by atoms with Crippen LogP contribution in [0.1, 0.15) is 56.1 Å². The van der Waals surface area contributed by atoms with Crippen LogP contribution in [0.15, 0.2) is 48.8 Å². The highest BCUT2D eigenvalue weighted by Crippen LogP contribution is 2.28. The Morgan fingerprint density at radius 1 is 0.966 bits per heavy atom. The molecule has 2 aliphatic rings. The van der Waals surface area contributed by atoms with Crippen LogP contribution in [0.5, 0.6) is 5.75 Å². The van der Waals surface area contributed by atoms with Crippen LogP contribution in [-0.2, 0) is 17.8 Å². The predicted molar refractivity (Wildman–Crippen MR) is 115 cm³/mol. The first-order valence-corrected chi connectivity index (χ1v) is 11.2. The standard InChI is InChI=1S/C25H32N2O2/c28-25(23-5-2-1-3-6-23)27-15-12-21(13-16-27)17-20-8-10-22(11-9-20)19-29-24-7-4-14-26-18-24/h4,7-11,14,18,21,23H,1-3,5-6,12-13,15-17,19H2. The van der Waals surface area contributed by atoms with E-state index in [9.17, 15) is 4.79 Å². The van der Waals surface area contributed by atoms with E-state index in [1.165, 1.54) is 30.4 Å². The number of ether oxygens (including phenoxy) is 1. The van der Waals surface area contributed by atoms with Crippen LogP contribution in [0, 0.1) is 11.8 Å². The molecule has 4 rings (SSSR count). The van der Waals surface area contributed by atoms with E-state index in [1.807, 2.05) is 12.1 Å². The van der Waals surface area contributed by atoms with Gasteiger partial charge in [-0.2, -0.15) is 0 Å². The number of nitrogens with zero attached hydrogens (tertiary/aromatic N) is 2. The second kappa shape index (κ2) is 9.91. The molecule has 0 spiro atoms. The van der Waals surface area contributed by atoms with Crippen molar-refractivity contribution in [3.8, 4) is 5.75 Å². The lowest BCUT2D eigenvalue weighted by Crippen LogP contribution is -2.42. The lowest BCUT2D eigenvalue weighted by atomic mass is 9.86. The SMILES string of the molecule is O=C(C1CCCCC1)N1CCC(Cc2ccc(COc3cccnc3)cc2)CC1. The minimum absolute atomic E-state index is 0.307. The van der Waals surface area contributed by atoms with Gasteiger partial charge < -0.3 is 9.64 Å². The van der Waals surface area contributed by atoms with E-state index in [4.69, 9.17) is 4.74 Å². The molecule has 2 fully saturated rings. The molecule has 0 bridgehead atoms. The molecule has 4 nitrogen and oxygen atoms in total. The van der Waals surface area contributed by atoms with Crippen molar-refractivity contribution in [2.75, 3.05) is 13.1 Å². The van der Waals surface area contributed by atoms with Crippen LogP contribution < -0.4 is 4.74 Å². The minimum Gasteiger partial charge on any atom is -0.487 e. The topological polar surface area (TPSA) is 42.4 Å². The van der Waals surface area contributed by atoms with Gasteiger partial charge in [0.05, 0.1) is 6.20 Å². The fourth-order valence-electron chi connectivity index (χ4n) is 4.67. The van der Waals surface area contributed by atoms with Crippen molar-refractivity contribution < 1.29 is 9.53 Å². The molecule has 1 aromatic carbocycles. The highest BCUT2D eigenvalue weighted by Gasteiger charge is 2.29. The number of hydrogen-bond donors (Lipinski definition) is 0. The number of rotatable bonds is 6. The summed E-state index contributed by atoms with van der Waals surface area (Å²) in [6.45, 7) is 2.45. The summed E-state index contributed by atoms with van der Waals surface area (Å²) in [5.41, 5.74) is 2.55. The summed E-state index contributed by atoms with van der Waals surface area (Å²) < 4.78 is 5.77. The maximum Gasteiger partial charge on any atom is 0.225 e. The van der Waals surface area contributed by atoms with Crippen LogP contribution in [0.25, 0.3) is 0 Å². The molecular weight excluding hydrogens is 360 g/mol. The van der Waals surface area contributed by atoms with E-state index < -0.39 is 0 Å². The van der Waals surface area contributed by atoms with Crippen LogP contribution >= 0.6 is 0 Å². The minimum atomic E-state index is 0.307. The molecule has 1 aliphatic heterocycles. The molecule has 1 aliphatic carbocycles. The largest absolute Gasteiger partial charge is 0.487 e. The quantitative estimate of drug-likeness (QED) is 0.693. The van der Waals surface area contributed by atoms with Crippen LogP contribution in [-0.4, -0.2) is 28.9 Å². The molecule has 154 valence electrons. The maximum atomic E-state index is 12.7. The van der Waals surface area contributed by atoms with Gasteiger partial charge in [-0.25, -0.2) is 0 Å². The Morgan fingerprint density at radius 2 is 1.69 bits per heavy atom. The number of pyridine rings is 1. The average Bonchev–Trinajstić information content (AvgIpc) is 2.80. The number of likely N-dealkylation sites (tertiary alicyclic amines) is 1. The number of aromatic nitrogens is 1. The molecule has 0 atom stereocenters. The van der Waals surface area contributed by atoms with E-state index in [2.05, 4.69) is 34.1 Å². The Kier molecular flexibility index (Phi) is 6.81. The third-order valence-corrected chi connectivity index (χ3v) is 6.47. The van der Waals surface area contributed by atoms with Gasteiger partial charge in [0.15, 0.2) is 0 Å². The number of carbonyl (C=O) groups excluding carboxylic acids is 1. The molecule has 4 heteroatoms. The Morgan fingerprint density at radius 3 is 2.38 bits per heavy atom. The van der Waals surface area contributed by atoms with Crippen molar-refractivity contribution in [1.29, 1.82) is 0 Å². The second-order valence-electron chi connectivity index (χ2n) is 8.60. The molecular formula is C25H32N2O2. The average molecular weight is 393 g/mol. The molecule has 1 saturated heterocycles. The van der Waals surface area contributed by atoms with Gasteiger partial charge in [-0.05, 0) is 61.3 Å². The molecule has 0 unspecified atom stereocenters. The Hall–Kier alpha value is -2.36. The Bertz CT molecular complexity index is 761. The van der Waals surface area contributed by atoms with Crippen molar-refractivity contribution in [3.63, 3.8) is 0 Å². The van der Waals surface area contributed by atoms with E-state index >= 15 is 0 Å². The van der Waals surface area contributed by atoms with Crippen molar-refractivity contribution in [3.05, 3.63) is 59.9 Å². The van der Waals surface area contributed by atoms with Crippen LogP contribution in [0.3, 0.4) is 0 Å². The third-order valence-electron chi connectivity index (χ3n) is 6.47. The summed E-state index contributed by atoms with van der Waals surface area (Å²) in [4.78, 5) is 18.9. The van der Waals surface area contributed by atoms with Gasteiger partial charge in [-0.15, -0.1) is 0 Å². The zero-order valence-electron chi connectivity index (χ0n) is 17.3. The molecule has 0 radical (unpaired) electrons. The summed E-state index contributed by atoms with van der Waals surface area (Å²) >= 11 is 0. The molecule has 1 aromatic heterocycles. The van der Waals surface area contributed by atoms with Gasteiger partial charge in [0.2, 0.25) is 5.91 Å². The fourth-order valence-corrected chi connectivity index (χ4v) is 4.67. The van der Waals surface area contributed by atoms with Crippen molar-refractivity contribution in [2.45, 2.75) is 58.0 Å². The lowest BCUT2D eigenvalue weighted by Gasteiger charge is -2.35. The smallest absolute Gasteiger partial charge is 0.225 e. The monoisotopic (exact) mass is 392 g/mol. The molecule has 0 N–H and O–H groups in total. The highest BCUT2D eigenvalue weighted by molar-refractivity contribution is 5.79. The van der Waals surface area contributed by atoms with E-state index in [0.29, 0.717) is 24.3 Å². The van der Waals surface area contributed by atoms with Crippen molar-refractivity contribution in [1.82, 2.24) is 9.88 Å². The van der Waals surface area contributed by atoms with E-state index in [0.717, 1.165) is 50.9 Å². The first-order valence-electron chi connectivity index (χ1n) is 11.2. The first kappa shape index (κ1) is 19.9. The zero-order chi connectivity index (χ0) is 19.9. The molecule has 1 amide bonds. The number of benzene rings is 1. The number of carbonyl (C=O) groups is 1. The summed E-state index contributed by atoms with van der Waals surface area (Å²) in [6, 6.07) is 12.6. The molecule has 1 saturated carbocycles. The predicted octanol–water partition coefficient (Wildman–Crippen LogP) is 5.02. The van der Waals surface area contributed by atoms with Gasteiger partial charge in [-0.1, -0.05) is 43.5 Å². The highest BCUT2D eigenvalue weighted by atomic mass is 16.5. The maximum absolute atomic E-state index is 12.7.